The molecule has 0 unspecified atom stereocenters. The van der Waals surface area contributed by atoms with Crippen LogP contribution in [-0.2, 0) is 10.2 Å². The highest BCUT2D eigenvalue weighted by Gasteiger charge is 2.51. The van der Waals surface area contributed by atoms with Crippen molar-refractivity contribution in [3.63, 3.8) is 0 Å². The van der Waals surface area contributed by atoms with Crippen molar-refractivity contribution in [2.24, 2.45) is 0 Å². The van der Waals surface area contributed by atoms with Gasteiger partial charge in [0.15, 0.2) is 11.5 Å². The molecule has 35 heavy (non-hydrogen) atoms. The average molecular weight is 475 g/mol. The number of carboxylic acid groups (broad SMARTS) is 1. The second-order valence-electron chi connectivity index (χ2n) is 8.95. The number of aromatic carboxylic acids is 1. The molecular weight excluding hydrogens is 448 g/mol. The van der Waals surface area contributed by atoms with Gasteiger partial charge in [-0.15, -0.1) is 0 Å². The van der Waals surface area contributed by atoms with Crippen molar-refractivity contribution >= 4 is 23.5 Å². The number of nitrogens with zero attached hydrogens (tertiary/aromatic N) is 1. The van der Waals surface area contributed by atoms with Gasteiger partial charge in [-0.3, -0.25) is 9.59 Å². The molecule has 2 amide bonds. The molecule has 0 bridgehead atoms. The summed E-state index contributed by atoms with van der Waals surface area (Å²) in [4.78, 5) is 38.8. The number of fused-ring (bicyclic) bond motifs is 1. The molecule has 1 aliphatic carbocycles. The van der Waals surface area contributed by atoms with Gasteiger partial charge < -0.3 is 24.8 Å². The van der Waals surface area contributed by atoms with Crippen molar-refractivity contribution in [3.8, 4) is 22.6 Å². The smallest absolute Gasteiger partial charge is 0.336 e. The highest BCUT2D eigenvalue weighted by molar-refractivity contribution is 6.03. The highest BCUT2D eigenvalue weighted by Crippen LogP contribution is 2.51. The van der Waals surface area contributed by atoms with Crippen molar-refractivity contribution in [1.29, 1.82) is 0 Å². The lowest BCUT2D eigenvalue weighted by Crippen LogP contribution is -2.27. The number of ether oxygens (including phenoxy) is 2. The first-order valence-corrected chi connectivity index (χ1v) is 11.2. The second kappa shape index (κ2) is 8.47. The molecule has 1 aliphatic heterocycles. The number of carbonyl (C=O) groups is 3. The third kappa shape index (κ3) is 4.07. The zero-order chi connectivity index (χ0) is 24.7. The van der Waals surface area contributed by atoms with Crippen LogP contribution in [0.2, 0.25) is 0 Å². The van der Waals surface area contributed by atoms with Crippen molar-refractivity contribution in [3.05, 3.63) is 77.4 Å². The van der Waals surface area contributed by atoms with E-state index in [4.69, 9.17) is 9.47 Å². The van der Waals surface area contributed by atoms with Gasteiger partial charge in [-0.1, -0.05) is 18.2 Å². The van der Waals surface area contributed by atoms with Crippen molar-refractivity contribution in [2.45, 2.75) is 18.3 Å². The van der Waals surface area contributed by atoms with E-state index in [1.807, 2.05) is 18.2 Å². The minimum atomic E-state index is -1.08. The van der Waals surface area contributed by atoms with Crippen LogP contribution < -0.4 is 14.8 Å². The maximum atomic E-state index is 13.3. The lowest BCUT2D eigenvalue weighted by molar-refractivity contribution is -0.118. The molecule has 5 rings (SSSR count). The molecule has 8 nitrogen and oxygen atoms in total. The van der Waals surface area contributed by atoms with E-state index in [0.717, 1.165) is 5.56 Å². The van der Waals surface area contributed by atoms with E-state index < -0.39 is 11.4 Å². The number of carboxylic acids is 1. The van der Waals surface area contributed by atoms with Crippen molar-refractivity contribution in [1.82, 2.24) is 4.90 Å². The largest absolute Gasteiger partial charge is 0.478 e. The predicted molar refractivity (Wildman–Crippen MR) is 131 cm³/mol. The van der Waals surface area contributed by atoms with Crippen LogP contribution in [0.3, 0.4) is 0 Å². The van der Waals surface area contributed by atoms with Gasteiger partial charge in [0, 0.05) is 26.8 Å². The molecule has 3 aromatic carbocycles. The molecule has 0 atom stereocenters. The fraction of sp³-hybridized carbons (Fsp3) is 0.222. The van der Waals surface area contributed by atoms with Crippen LogP contribution in [0.4, 0.5) is 5.69 Å². The molecule has 2 aliphatic rings. The molecule has 0 saturated heterocycles. The molecule has 1 fully saturated rings. The lowest BCUT2D eigenvalue weighted by Gasteiger charge is -2.17. The van der Waals surface area contributed by atoms with Gasteiger partial charge in [0.25, 0.3) is 5.91 Å². The van der Waals surface area contributed by atoms with Gasteiger partial charge in [-0.25, -0.2) is 4.79 Å². The second-order valence-corrected chi connectivity index (χ2v) is 8.95. The third-order valence-corrected chi connectivity index (χ3v) is 6.47. The Morgan fingerprint density at radius 2 is 1.66 bits per heavy atom. The Morgan fingerprint density at radius 1 is 0.943 bits per heavy atom. The van der Waals surface area contributed by atoms with E-state index >= 15 is 0 Å². The molecule has 0 aromatic heterocycles. The normalized spacial score (nSPS) is 14.8. The molecular formula is C27H26N2O6. The summed E-state index contributed by atoms with van der Waals surface area (Å²) in [6.45, 7) is 0.168. The van der Waals surface area contributed by atoms with Gasteiger partial charge >= 0.3 is 5.97 Å². The summed E-state index contributed by atoms with van der Waals surface area (Å²) in [5.74, 6) is -0.0834. The molecule has 2 N–H and O–H groups in total. The number of carbonyl (C=O) groups excluding carboxylic acids is 2. The van der Waals surface area contributed by atoms with Gasteiger partial charge in [-0.05, 0) is 72.0 Å². The summed E-state index contributed by atoms with van der Waals surface area (Å²) in [5, 5.41) is 12.7. The van der Waals surface area contributed by atoms with Crippen molar-refractivity contribution in [2.75, 3.05) is 26.2 Å². The zero-order valence-electron chi connectivity index (χ0n) is 19.3. The van der Waals surface area contributed by atoms with E-state index in [-0.39, 0.29) is 25.6 Å². The lowest BCUT2D eigenvalue weighted by atomic mass is 9.94. The summed E-state index contributed by atoms with van der Waals surface area (Å²) < 4.78 is 10.8. The Bertz CT molecular complexity index is 1350. The van der Waals surface area contributed by atoms with Gasteiger partial charge in [0.05, 0.1) is 11.0 Å². The van der Waals surface area contributed by atoms with E-state index in [1.54, 1.807) is 50.5 Å². The number of hydrogen-bond donors (Lipinski definition) is 2. The number of hydrogen-bond acceptors (Lipinski definition) is 5. The maximum Gasteiger partial charge on any atom is 0.336 e. The monoisotopic (exact) mass is 474 g/mol. The first-order valence-electron chi connectivity index (χ1n) is 11.2. The van der Waals surface area contributed by atoms with Gasteiger partial charge in [0.2, 0.25) is 12.7 Å². The Hall–Kier alpha value is -4.33. The molecule has 8 heteroatoms. The minimum Gasteiger partial charge on any atom is -0.478 e. The summed E-state index contributed by atoms with van der Waals surface area (Å²) in [7, 11) is 3.34. The first kappa shape index (κ1) is 22.5. The number of rotatable bonds is 6. The molecule has 180 valence electrons. The highest BCUT2D eigenvalue weighted by atomic mass is 16.7. The van der Waals surface area contributed by atoms with Crippen LogP contribution >= 0.6 is 0 Å². The summed E-state index contributed by atoms with van der Waals surface area (Å²) >= 11 is 0. The number of nitrogens with one attached hydrogen (secondary N) is 1. The summed E-state index contributed by atoms with van der Waals surface area (Å²) in [6.07, 6.45) is 1.42. The van der Waals surface area contributed by atoms with Crippen LogP contribution in [0.15, 0.2) is 60.7 Å². The predicted octanol–water partition coefficient (Wildman–Crippen LogP) is 4.40. The number of benzene rings is 3. The van der Waals surface area contributed by atoms with Crippen molar-refractivity contribution < 1.29 is 30.4 Å². The SMILES string of the molecule is CN(C)C(=O)c1ccc(-c2cc(NC(=O)C3(c4ccc5c(c4)OCO5)CC3)ccc2C(=O)O)cc1.[HH]. The van der Waals surface area contributed by atoms with E-state index in [1.165, 1.54) is 11.0 Å². The van der Waals surface area contributed by atoms with E-state index in [0.29, 0.717) is 46.7 Å². The van der Waals surface area contributed by atoms with Crippen LogP contribution in [0.1, 0.15) is 40.5 Å². The van der Waals surface area contributed by atoms with Crippen LogP contribution in [0, 0.1) is 0 Å². The Kier molecular flexibility index (Phi) is 5.43. The fourth-order valence-electron chi connectivity index (χ4n) is 4.31. The van der Waals surface area contributed by atoms with Gasteiger partial charge in [0.1, 0.15) is 0 Å². The van der Waals surface area contributed by atoms with Gasteiger partial charge in [-0.2, -0.15) is 0 Å². The average Bonchev–Trinajstić information content (AvgIpc) is 3.54. The Labute approximate surface area is 203 Å². The van der Waals surface area contributed by atoms with Crippen LogP contribution in [0.5, 0.6) is 11.5 Å². The number of anilines is 1. The first-order chi connectivity index (χ1) is 16.8. The number of amides is 2. The molecule has 3 aromatic rings. The molecule has 1 heterocycles. The third-order valence-electron chi connectivity index (χ3n) is 6.47. The summed E-state index contributed by atoms with van der Waals surface area (Å²) in [5.41, 5.74) is 2.39. The molecule has 0 spiro atoms. The summed E-state index contributed by atoms with van der Waals surface area (Å²) in [6, 6.07) is 17.0. The fourth-order valence-corrected chi connectivity index (χ4v) is 4.31. The molecule has 0 radical (unpaired) electrons. The minimum absolute atomic E-state index is 0. The maximum absolute atomic E-state index is 13.3. The van der Waals surface area contributed by atoms with Crippen LogP contribution in [-0.4, -0.2) is 48.7 Å². The van der Waals surface area contributed by atoms with E-state index in [9.17, 15) is 19.5 Å². The Balaban J connectivity index is 0.00000304. The topological polar surface area (TPSA) is 105 Å². The van der Waals surface area contributed by atoms with E-state index in [2.05, 4.69) is 5.32 Å². The quantitative estimate of drug-likeness (QED) is 0.549. The standard InChI is InChI=1S/C27H24N2O6.H2/c1-29(2)24(30)17-5-3-16(4-6-17)21-14-19(8-9-20(21)25(31)32)28-26(33)27(11-12-27)18-7-10-22-23(13-18)35-15-34-22;/h3-10,13-14H,11-12,15H2,1-2H3,(H,28,33)(H,31,32);1H. The van der Waals surface area contributed by atoms with Crippen LogP contribution in [0.25, 0.3) is 11.1 Å². The zero-order valence-corrected chi connectivity index (χ0v) is 19.3. The molecule has 1 saturated carbocycles. The Morgan fingerprint density at radius 3 is 2.31 bits per heavy atom.